The second kappa shape index (κ2) is 9.75. The van der Waals surface area contributed by atoms with E-state index in [2.05, 4.69) is 10.1 Å². The molecule has 1 aliphatic heterocycles. The molecule has 1 N–H and O–H groups in total. The first-order valence-electron chi connectivity index (χ1n) is 10.1. The summed E-state index contributed by atoms with van der Waals surface area (Å²) >= 11 is 0. The fourth-order valence-corrected chi connectivity index (χ4v) is 4.60. The van der Waals surface area contributed by atoms with Crippen molar-refractivity contribution in [2.75, 3.05) is 23.9 Å². The molecular formula is C22H22F2N2O7S. The topological polar surface area (TPSA) is 119 Å². The number of carbonyl (C=O) groups is 3. The van der Waals surface area contributed by atoms with Crippen LogP contribution in [0.5, 0.6) is 11.5 Å². The van der Waals surface area contributed by atoms with Gasteiger partial charge in [-0.15, -0.1) is 0 Å². The Morgan fingerprint density at radius 1 is 1.12 bits per heavy atom. The molecule has 3 amide bonds. The minimum absolute atomic E-state index is 0.00237. The fraction of sp³-hybridized carbons (Fsp3) is 0.318. The number of nitrogens with zero attached hydrogens (tertiary/aromatic N) is 1. The SMILES string of the molecule is CCOc1cc([C@@H](CS(C)(=O)=O)N2C(=O)c3cccc(NC(C)=O)c3C2=O)ccc1OC(F)F. The molecule has 0 saturated heterocycles. The molecular weight excluding hydrogens is 474 g/mol. The predicted octanol–water partition coefficient (Wildman–Crippen LogP) is 3.03. The van der Waals surface area contributed by atoms with Crippen LogP contribution in [0.25, 0.3) is 0 Å². The Hall–Kier alpha value is -3.54. The number of halogens is 2. The number of rotatable bonds is 9. The lowest BCUT2D eigenvalue weighted by atomic mass is 10.1. The summed E-state index contributed by atoms with van der Waals surface area (Å²) in [6.45, 7) is -0.184. The monoisotopic (exact) mass is 496 g/mol. The van der Waals surface area contributed by atoms with Crippen molar-refractivity contribution in [1.82, 2.24) is 4.90 Å². The van der Waals surface area contributed by atoms with Gasteiger partial charge in [0.05, 0.1) is 35.2 Å². The molecule has 2 aromatic carbocycles. The maximum absolute atomic E-state index is 13.3. The lowest BCUT2D eigenvalue weighted by Gasteiger charge is -2.27. The highest BCUT2D eigenvalue weighted by molar-refractivity contribution is 7.90. The van der Waals surface area contributed by atoms with Crippen LogP contribution < -0.4 is 14.8 Å². The summed E-state index contributed by atoms with van der Waals surface area (Å²) in [5.74, 6) is -3.04. The van der Waals surface area contributed by atoms with E-state index in [1.165, 1.54) is 37.3 Å². The van der Waals surface area contributed by atoms with Crippen LogP contribution in [0.3, 0.4) is 0 Å². The molecule has 0 aliphatic carbocycles. The highest BCUT2D eigenvalue weighted by Gasteiger charge is 2.43. The molecule has 0 saturated carbocycles. The standard InChI is InChI=1S/C22H22F2N2O7S/c1-4-32-18-10-13(8-9-17(18)33-22(23)24)16(11-34(3,30)31)26-20(28)14-6-5-7-15(25-12(2)27)19(14)21(26)29/h5-10,16,22H,4,11H2,1-3H3,(H,25,27)/t16-/m1/s1. The van der Waals surface area contributed by atoms with Gasteiger partial charge < -0.3 is 14.8 Å². The van der Waals surface area contributed by atoms with Gasteiger partial charge in [0.15, 0.2) is 11.5 Å². The Bertz CT molecular complexity index is 1250. The number of hydrogen-bond acceptors (Lipinski definition) is 7. The van der Waals surface area contributed by atoms with Gasteiger partial charge in [-0.05, 0) is 36.8 Å². The molecule has 0 bridgehead atoms. The number of carbonyl (C=O) groups excluding carboxylic acids is 3. The summed E-state index contributed by atoms with van der Waals surface area (Å²) in [6, 6.07) is 6.72. The first-order valence-corrected chi connectivity index (χ1v) is 12.2. The number of alkyl halides is 2. The van der Waals surface area contributed by atoms with E-state index in [0.717, 1.165) is 17.2 Å². The van der Waals surface area contributed by atoms with E-state index < -0.39 is 46.0 Å². The van der Waals surface area contributed by atoms with Crippen molar-refractivity contribution in [3.63, 3.8) is 0 Å². The summed E-state index contributed by atoms with van der Waals surface area (Å²) in [5, 5.41) is 2.49. The van der Waals surface area contributed by atoms with Gasteiger partial charge in [-0.3, -0.25) is 19.3 Å². The largest absolute Gasteiger partial charge is 0.490 e. The predicted molar refractivity (Wildman–Crippen MR) is 118 cm³/mol. The average Bonchev–Trinajstić information content (AvgIpc) is 2.97. The minimum atomic E-state index is -3.73. The molecule has 1 aliphatic rings. The molecule has 3 rings (SSSR count). The van der Waals surface area contributed by atoms with Crippen molar-refractivity contribution in [1.29, 1.82) is 0 Å². The van der Waals surface area contributed by atoms with Crippen molar-refractivity contribution < 1.29 is 41.1 Å². The summed E-state index contributed by atoms with van der Waals surface area (Å²) in [7, 11) is -3.73. The summed E-state index contributed by atoms with van der Waals surface area (Å²) in [5.41, 5.74) is 0.201. The van der Waals surface area contributed by atoms with Crippen molar-refractivity contribution in [3.8, 4) is 11.5 Å². The highest BCUT2D eigenvalue weighted by Crippen LogP contribution is 2.39. The van der Waals surface area contributed by atoms with Crippen LogP contribution in [0, 0.1) is 0 Å². The molecule has 12 heteroatoms. The number of fused-ring (bicyclic) bond motifs is 1. The van der Waals surface area contributed by atoms with Gasteiger partial charge in [0.2, 0.25) is 5.91 Å². The fourth-order valence-electron chi connectivity index (χ4n) is 3.68. The van der Waals surface area contributed by atoms with E-state index in [1.807, 2.05) is 0 Å². The number of benzene rings is 2. The van der Waals surface area contributed by atoms with Crippen LogP contribution in [-0.4, -0.2) is 56.3 Å². The van der Waals surface area contributed by atoms with Crippen molar-refractivity contribution in [2.24, 2.45) is 0 Å². The lowest BCUT2D eigenvalue weighted by Crippen LogP contribution is -2.37. The van der Waals surface area contributed by atoms with Gasteiger partial charge in [0.1, 0.15) is 9.84 Å². The normalized spacial score (nSPS) is 14.2. The van der Waals surface area contributed by atoms with Crippen LogP contribution in [-0.2, 0) is 14.6 Å². The molecule has 0 unspecified atom stereocenters. The van der Waals surface area contributed by atoms with Crippen molar-refractivity contribution >= 4 is 33.2 Å². The van der Waals surface area contributed by atoms with E-state index >= 15 is 0 Å². The Balaban J connectivity index is 2.12. The lowest BCUT2D eigenvalue weighted by molar-refractivity contribution is -0.114. The molecule has 182 valence electrons. The number of anilines is 1. The molecule has 1 heterocycles. The third kappa shape index (κ3) is 5.33. The van der Waals surface area contributed by atoms with Crippen molar-refractivity contribution in [2.45, 2.75) is 26.5 Å². The Morgan fingerprint density at radius 2 is 1.82 bits per heavy atom. The van der Waals surface area contributed by atoms with Gasteiger partial charge in [-0.1, -0.05) is 12.1 Å². The molecule has 9 nitrogen and oxygen atoms in total. The number of hydrogen-bond donors (Lipinski definition) is 1. The third-order valence-electron chi connectivity index (χ3n) is 4.90. The molecule has 34 heavy (non-hydrogen) atoms. The first-order chi connectivity index (χ1) is 15.9. The number of ether oxygens (including phenoxy) is 2. The van der Waals surface area contributed by atoms with E-state index in [-0.39, 0.29) is 40.5 Å². The first kappa shape index (κ1) is 25.1. The van der Waals surface area contributed by atoms with Gasteiger partial charge in [-0.25, -0.2) is 8.42 Å². The van der Waals surface area contributed by atoms with E-state index in [9.17, 15) is 31.6 Å². The Kier molecular flexibility index (Phi) is 7.20. The van der Waals surface area contributed by atoms with E-state index in [1.54, 1.807) is 6.92 Å². The number of sulfone groups is 1. The van der Waals surface area contributed by atoms with Crippen LogP contribution in [0.4, 0.5) is 14.5 Å². The molecule has 0 aromatic heterocycles. The van der Waals surface area contributed by atoms with Crippen LogP contribution in [0.1, 0.15) is 46.2 Å². The molecule has 0 radical (unpaired) electrons. The number of imide groups is 1. The average molecular weight is 496 g/mol. The third-order valence-corrected chi connectivity index (χ3v) is 5.82. The molecule has 2 aromatic rings. The second-order valence-electron chi connectivity index (χ2n) is 7.52. The van der Waals surface area contributed by atoms with Crippen LogP contribution in [0.15, 0.2) is 36.4 Å². The zero-order valence-electron chi connectivity index (χ0n) is 18.5. The molecule has 0 fully saturated rings. The molecule has 1 atom stereocenters. The van der Waals surface area contributed by atoms with Gasteiger partial charge in [-0.2, -0.15) is 8.78 Å². The summed E-state index contributed by atoms with van der Waals surface area (Å²) in [6.07, 6.45) is 0.943. The summed E-state index contributed by atoms with van der Waals surface area (Å²) < 4.78 is 59.8. The van der Waals surface area contributed by atoms with E-state index in [4.69, 9.17) is 4.74 Å². The number of nitrogens with one attached hydrogen (secondary N) is 1. The van der Waals surface area contributed by atoms with Gasteiger partial charge in [0.25, 0.3) is 11.8 Å². The van der Waals surface area contributed by atoms with Crippen molar-refractivity contribution in [3.05, 3.63) is 53.1 Å². The minimum Gasteiger partial charge on any atom is -0.490 e. The Labute approximate surface area is 194 Å². The molecule has 0 spiro atoms. The van der Waals surface area contributed by atoms with E-state index in [0.29, 0.717) is 0 Å². The maximum Gasteiger partial charge on any atom is 0.387 e. The highest BCUT2D eigenvalue weighted by atomic mass is 32.2. The Morgan fingerprint density at radius 3 is 2.41 bits per heavy atom. The quantitative estimate of drug-likeness (QED) is 0.530. The second-order valence-corrected chi connectivity index (χ2v) is 9.70. The van der Waals surface area contributed by atoms with Crippen LogP contribution in [0.2, 0.25) is 0 Å². The number of amides is 3. The van der Waals surface area contributed by atoms with Gasteiger partial charge >= 0.3 is 6.61 Å². The summed E-state index contributed by atoms with van der Waals surface area (Å²) in [4.78, 5) is 38.9. The zero-order valence-corrected chi connectivity index (χ0v) is 19.3. The van der Waals surface area contributed by atoms with Crippen LogP contribution >= 0.6 is 0 Å². The smallest absolute Gasteiger partial charge is 0.387 e. The van der Waals surface area contributed by atoms with Gasteiger partial charge in [0, 0.05) is 13.2 Å². The maximum atomic E-state index is 13.3. The zero-order chi connectivity index (χ0) is 25.2.